The highest BCUT2D eigenvalue weighted by atomic mass is 16.3. The Bertz CT molecular complexity index is 1580. The van der Waals surface area contributed by atoms with Crippen LogP contribution in [0.4, 0.5) is 0 Å². The summed E-state index contributed by atoms with van der Waals surface area (Å²) in [5.41, 5.74) is 3.32. The third-order valence-corrected chi connectivity index (χ3v) is 7.09. The molecule has 0 unspecified atom stereocenters. The minimum atomic E-state index is -1.09. The highest BCUT2D eigenvalue weighted by Gasteiger charge is 2.42. The average Bonchev–Trinajstić information content (AvgIpc) is 3.08. The Kier molecular flexibility index (Phi) is 3.14. The van der Waals surface area contributed by atoms with Crippen molar-refractivity contribution in [3.05, 3.63) is 108 Å². The van der Waals surface area contributed by atoms with Crippen LogP contribution in [0.3, 0.4) is 0 Å². The lowest BCUT2D eigenvalue weighted by atomic mass is 9.85. The van der Waals surface area contributed by atoms with Gasteiger partial charge in [0.2, 0.25) is 0 Å². The van der Waals surface area contributed by atoms with Crippen LogP contribution in [0.5, 0.6) is 0 Å². The molecule has 1 aliphatic rings. The molecule has 0 fully saturated rings. The zero-order valence-corrected chi connectivity index (χ0v) is 17.2. The molecule has 1 nitrogen and oxygen atoms in total. The van der Waals surface area contributed by atoms with E-state index in [1.165, 1.54) is 43.4 Å². The molecule has 7 rings (SSSR count). The zero-order valence-electron chi connectivity index (χ0n) is 17.2. The second kappa shape index (κ2) is 5.72. The van der Waals surface area contributed by atoms with Gasteiger partial charge in [-0.15, -0.1) is 0 Å². The van der Waals surface area contributed by atoms with Crippen LogP contribution in [-0.2, 0) is 5.60 Å². The summed E-state index contributed by atoms with van der Waals surface area (Å²) in [7, 11) is 0. The number of fused-ring (bicyclic) bond motifs is 13. The molecule has 0 saturated heterocycles. The normalized spacial score (nSPS) is 14.4. The summed E-state index contributed by atoms with van der Waals surface area (Å²) in [6.45, 7) is 1.97. The topological polar surface area (TPSA) is 20.2 Å². The number of aliphatic hydroxyl groups is 1. The van der Waals surface area contributed by atoms with Gasteiger partial charge in [-0.25, -0.2) is 0 Å². The lowest BCUT2D eigenvalue weighted by Crippen LogP contribution is -2.20. The number of hydrogen-bond donors (Lipinski definition) is 1. The van der Waals surface area contributed by atoms with Crippen LogP contribution in [-0.4, -0.2) is 5.11 Å². The highest BCUT2D eigenvalue weighted by Crippen LogP contribution is 2.57. The Hall–Kier alpha value is -3.68. The molecule has 1 heteroatoms. The molecule has 0 aliphatic heterocycles. The van der Waals surface area contributed by atoms with Crippen LogP contribution in [0.1, 0.15) is 18.1 Å². The van der Waals surface area contributed by atoms with Gasteiger partial charge in [0.25, 0.3) is 0 Å². The van der Waals surface area contributed by atoms with Crippen molar-refractivity contribution < 1.29 is 5.11 Å². The fraction of sp³-hybridized carbons (Fsp3) is 0.0667. The van der Waals surface area contributed by atoms with Crippen LogP contribution in [0, 0.1) is 0 Å². The van der Waals surface area contributed by atoms with Gasteiger partial charge in [0.1, 0.15) is 5.60 Å². The average molecular weight is 396 g/mol. The van der Waals surface area contributed by atoms with Crippen LogP contribution < -0.4 is 0 Å². The van der Waals surface area contributed by atoms with E-state index in [2.05, 4.69) is 97.1 Å². The Labute approximate surface area is 180 Å². The van der Waals surface area contributed by atoms with Gasteiger partial charge in [-0.05, 0) is 61.1 Å². The molecule has 0 bridgehead atoms. The molecule has 0 aromatic heterocycles. The van der Waals surface area contributed by atoms with Gasteiger partial charge in [0.05, 0.1) is 0 Å². The van der Waals surface area contributed by atoms with Gasteiger partial charge in [-0.3, -0.25) is 0 Å². The smallest absolute Gasteiger partial charge is 0.114 e. The summed E-state index contributed by atoms with van der Waals surface area (Å²) in [6.07, 6.45) is 0. The molecule has 0 spiro atoms. The van der Waals surface area contributed by atoms with Crippen LogP contribution >= 0.6 is 0 Å². The van der Waals surface area contributed by atoms with E-state index in [9.17, 15) is 5.11 Å². The van der Waals surface area contributed by atoms with Crippen LogP contribution in [0.2, 0.25) is 0 Å². The SMILES string of the molecule is CC1(O)c2c(c3ccccc3c3ccccc23)-c2c1c1ccccc1c1ccccc21. The van der Waals surface area contributed by atoms with Crippen molar-refractivity contribution in [2.75, 3.05) is 0 Å². The van der Waals surface area contributed by atoms with Crippen molar-refractivity contribution in [1.82, 2.24) is 0 Å². The summed E-state index contributed by atoms with van der Waals surface area (Å²) in [6, 6.07) is 34.2. The number of benzene rings is 6. The lowest BCUT2D eigenvalue weighted by Gasteiger charge is -2.24. The minimum absolute atomic E-state index is 1.03. The molecule has 146 valence electrons. The van der Waals surface area contributed by atoms with E-state index in [1.807, 2.05) is 6.92 Å². The second-order valence-electron chi connectivity index (χ2n) is 8.75. The summed E-state index contributed by atoms with van der Waals surface area (Å²) in [5.74, 6) is 0. The first-order valence-corrected chi connectivity index (χ1v) is 10.8. The van der Waals surface area contributed by atoms with E-state index in [4.69, 9.17) is 0 Å². The predicted molar refractivity (Wildman–Crippen MR) is 131 cm³/mol. The molecule has 31 heavy (non-hydrogen) atoms. The first-order valence-electron chi connectivity index (χ1n) is 10.8. The van der Waals surface area contributed by atoms with Crippen molar-refractivity contribution >= 4 is 43.1 Å². The monoisotopic (exact) mass is 396 g/mol. The Morgan fingerprint density at radius 1 is 0.419 bits per heavy atom. The Morgan fingerprint density at radius 3 is 1.03 bits per heavy atom. The van der Waals surface area contributed by atoms with Crippen LogP contribution in [0.25, 0.3) is 54.2 Å². The quantitative estimate of drug-likeness (QED) is 0.263. The largest absolute Gasteiger partial charge is 0.381 e. The van der Waals surface area contributed by atoms with Crippen LogP contribution in [0.15, 0.2) is 97.1 Å². The summed E-state index contributed by atoms with van der Waals surface area (Å²) in [4.78, 5) is 0. The molecule has 6 aromatic carbocycles. The van der Waals surface area contributed by atoms with E-state index in [-0.39, 0.29) is 0 Å². The van der Waals surface area contributed by atoms with E-state index >= 15 is 0 Å². The predicted octanol–water partition coefficient (Wildman–Crippen LogP) is 7.54. The van der Waals surface area contributed by atoms with Gasteiger partial charge in [0, 0.05) is 11.1 Å². The summed E-state index contributed by atoms with van der Waals surface area (Å²) in [5, 5.41) is 21.7. The van der Waals surface area contributed by atoms with Crippen molar-refractivity contribution in [1.29, 1.82) is 0 Å². The lowest BCUT2D eigenvalue weighted by molar-refractivity contribution is 0.110. The maximum atomic E-state index is 12.2. The molecule has 0 amide bonds. The first-order chi connectivity index (χ1) is 15.2. The van der Waals surface area contributed by atoms with Crippen molar-refractivity contribution in [3.8, 4) is 11.1 Å². The van der Waals surface area contributed by atoms with E-state index in [1.54, 1.807) is 0 Å². The van der Waals surface area contributed by atoms with Crippen molar-refractivity contribution in [2.45, 2.75) is 12.5 Å². The van der Waals surface area contributed by atoms with E-state index < -0.39 is 5.60 Å². The summed E-state index contributed by atoms with van der Waals surface area (Å²) < 4.78 is 0. The highest BCUT2D eigenvalue weighted by molar-refractivity contribution is 6.25. The van der Waals surface area contributed by atoms with Gasteiger partial charge < -0.3 is 5.11 Å². The maximum absolute atomic E-state index is 12.2. The minimum Gasteiger partial charge on any atom is -0.381 e. The number of hydrogen-bond acceptors (Lipinski definition) is 1. The first kappa shape index (κ1) is 17.0. The second-order valence-corrected chi connectivity index (χ2v) is 8.75. The molecule has 0 radical (unpaired) electrons. The van der Waals surface area contributed by atoms with Gasteiger partial charge >= 0.3 is 0 Å². The van der Waals surface area contributed by atoms with Gasteiger partial charge in [0.15, 0.2) is 0 Å². The summed E-state index contributed by atoms with van der Waals surface area (Å²) >= 11 is 0. The molecule has 1 aliphatic carbocycles. The van der Waals surface area contributed by atoms with E-state index in [0.29, 0.717) is 0 Å². The van der Waals surface area contributed by atoms with Crippen molar-refractivity contribution in [2.24, 2.45) is 0 Å². The molecule has 0 atom stereocenters. The third-order valence-electron chi connectivity index (χ3n) is 7.09. The Morgan fingerprint density at radius 2 is 0.677 bits per heavy atom. The third kappa shape index (κ3) is 2.00. The maximum Gasteiger partial charge on any atom is 0.114 e. The van der Waals surface area contributed by atoms with E-state index in [0.717, 1.165) is 21.9 Å². The standard InChI is InChI=1S/C30H20O/c1-30(31)28-24-16-8-4-12-20(24)18-10-2-6-14-22(18)26(28)27-23-15-7-3-11-19(23)21-13-5-9-17-25(21)29(27)30/h2-17,31H,1H3. The molecule has 6 aromatic rings. The molecule has 0 heterocycles. The number of rotatable bonds is 0. The fourth-order valence-electron chi connectivity index (χ4n) is 5.94. The zero-order chi connectivity index (χ0) is 20.7. The molecule has 0 saturated carbocycles. The molecule has 1 N–H and O–H groups in total. The fourth-order valence-corrected chi connectivity index (χ4v) is 5.94. The Balaban J connectivity index is 1.86. The van der Waals surface area contributed by atoms with Crippen molar-refractivity contribution in [3.63, 3.8) is 0 Å². The van der Waals surface area contributed by atoms with Gasteiger partial charge in [-0.1, -0.05) is 97.1 Å². The molecular weight excluding hydrogens is 376 g/mol. The van der Waals surface area contributed by atoms with Gasteiger partial charge in [-0.2, -0.15) is 0 Å². The molecular formula is C30H20O.